The van der Waals surface area contributed by atoms with Crippen molar-refractivity contribution in [2.45, 2.75) is 10.2 Å². The van der Waals surface area contributed by atoms with Crippen molar-refractivity contribution in [3.63, 3.8) is 0 Å². The van der Waals surface area contributed by atoms with Gasteiger partial charge in [0.15, 0.2) is 10.3 Å². The van der Waals surface area contributed by atoms with Gasteiger partial charge >= 0.3 is 0 Å². The highest BCUT2D eigenvalue weighted by molar-refractivity contribution is 7.99. The molecule has 0 radical (unpaired) electrons. The molecule has 0 aliphatic rings. The van der Waals surface area contributed by atoms with Crippen LogP contribution in [-0.4, -0.2) is 19.5 Å². The first-order chi connectivity index (χ1) is 7.18. The van der Waals surface area contributed by atoms with E-state index in [9.17, 15) is 0 Å². The zero-order chi connectivity index (χ0) is 10.8. The highest BCUT2D eigenvalue weighted by Gasteiger charge is 2.10. The minimum absolute atomic E-state index is 0.265. The molecular formula is C8H8ClN5S. The molecule has 0 atom stereocenters. The average molecular weight is 242 g/mol. The van der Waals surface area contributed by atoms with Gasteiger partial charge in [0, 0.05) is 19.4 Å². The fourth-order valence-electron chi connectivity index (χ4n) is 0.977. The van der Waals surface area contributed by atoms with Crippen LogP contribution in [0.4, 0.5) is 5.69 Å². The van der Waals surface area contributed by atoms with Crippen LogP contribution in [0.1, 0.15) is 0 Å². The second-order valence-electron chi connectivity index (χ2n) is 2.81. The second-order valence-corrected chi connectivity index (χ2v) is 4.12. The zero-order valence-corrected chi connectivity index (χ0v) is 9.46. The number of nitrogen functional groups attached to an aromatic ring is 1. The minimum atomic E-state index is 0.265. The van der Waals surface area contributed by atoms with Crippen molar-refractivity contribution in [3.8, 4) is 0 Å². The molecule has 0 aliphatic heterocycles. The van der Waals surface area contributed by atoms with Gasteiger partial charge in [-0.2, -0.15) is 0 Å². The third kappa shape index (κ3) is 2.05. The van der Waals surface area contributed by atoms with Crippen LogP contribution in [0.3, 0.4) is 0 Å². The Labute approximate surface area is 95.7 Å². The molecule has 0 fully saturated rings. The maximum Gasteiger partial charge on any atom is 0.174 e. The van der Waals surface area contributed by atoms with Gasteiger partial charge in [-0.25, -0.2) is 15.0 Å². The van der Waals surface area contributed by atoms with E-state index < -0.39 is 0 Å². The number of halogens is 1. The normalized spacial score (nSPS) is 10.5. The average Bonchev–Trinajstić information content (AvgIpc) is 2.60. The lowest BCUT2D eigenvalue weighted by Crippen LogP contribution is -1.97. The molecule has 2 N–H and O–H groups in total. The molecule has 15 heavy (non-hydrogen) atoms. The van der Waals surface area contributed by atoms with Gasteiger partial charge < -0.3 is 10.3 Å². The zero-order valence-electron chi connectivity index (χ0n) is 7.88. The second kappa shape index (κ2) is 4.08. The molecule has 2 heterocycles. The molecule has 0 saturated carbocycles. The number of aryl methyl sites for hydroxylation is 1. The Morgan fingerprint density at radius 2 is 2.20 bits per heavy atom. The summed E-state index contributed by atoms with van der Waals surface area (Å²) in [5.41, 5.74) is 6.12. The molecule has 2 aromatic heterocycles. The van der Waals surface area contributed by atoms with Crippen molar-refractivity contribution in [2.75, 3.05) is 5.73 Å². The Balaban J connectivity index is 2.33. The van der Waals surface area contributed by atoms with Crippen molar-refractivity contribution >= 4 is 29.1 Å². The van der Waals surface area contributed by atoms with Crippen LogP contribution in [-0.2, 0) is 7.05 Å². The minimum Gasteiger partial charge on any atom is -0.394 e. The molecule has 5 nitrogen and oxygen atoms in total. The van der Waals surface area contributed by atoms with E-state index in [0.29, 0.717) is 10.7 Å². The van der Waals surface area contributed by atoms with Crippen LogP contribution in [0.25, 0.3) is 0 Å². The summed E-state index contributed by atoms with van der Waals surface area (Å²) >= 11 is 7.13. The fraction of sp³-hybridized carbons (Fsp3) is 0.125. The molecule has 2 rings (SSSR count). The van der Waals surface area contributed by atoms with Gasteiger partial charge in [0.05, 0.1) is 0 Å². The maximum atomic E-state index is 5.78. The maximum absolute atomic E-state index is 5.78. The van der Waals surface area contributed by atoms with Crippen molar-refractivity contribution in [3.05, 3.63) is 23.9 Å². The number of hydrogen-bond donors (Lipinski definition) is 1. The van der Waals surface area contributed by atoms with E-state index in [4.69, 9.17) is 17.3 Å². The summed E-state index contributed by atoms with van der Waals surface area (Å²) in [6, 6.07) is 0. The number of imidazole rings is 1. The third-order valence-electron chi connectivity index (χ3n) is 1.76. The van der Waals surface area contributed by atoms with Gasteiger partial charge in [-0.1, -0.05) is 11.6 Å². The number of anilines is 1. The Kier molecular flexibility index (Phi) is 2.79. The summed E-state index contributed by atoms with van der Waals surface area (Å²) < 4.78 is 1.88. The van der Waals surface area contributed by atoms with Gasteiger partial charge in [0.2, 0.25) is 0 Å². The summed E-state index contributed by atoms with van der Waals surface area (Å²) in [4.78, 5) is 12.0. The molecular weight excluding hydrogens is 234 g/mol. The summed E-state index contributed by atoms with van der Waals surface area (Å²) in [6.45, 7) is 0. The summed E-state index contributed by atoms with van der Waals surface area (Å²) in [6.07, 6.45) is 4.94. The summed E-state index contributed by atoms with van der Waals surface area (Å²) in [7, 11) is 1.90. The lowest BCUT2D eigenvalue weighted by molar-refractivity contribution is 0.788. The van der Waals surface area contributed by atoms with E-state index in [0.717, 1.165) is 5.16 Å². The van der Waals surface area contributed by atoms with Crippen LogP contribution >= 0.6 is 23.4 Å². The molecule has 0 unspecified atom stereocenters. The molecule has 0 aliphatic carbocycles. The molecule has 7 heteroatoms. The molecule has 0 bridgehead atoms. The van der Waals surface area contributed by atoms with E-state index in [1.165, 1.54) is 18.1 Å². The molecule has 0 amide bonds. The summed E-state index contributed by atoms with van der Waals surface area (Å²) in [5, 5.41) is 1.68. The highest BCUT2D eigenvalue weighted by Crippen LogP contribution is 2.31. The van der Waals surface area contributed by atoms with Gasteiger partial charge in [-0.3, -0.25) is 0 Å². The first kappa shape index (κ1) is 10.3. The SMILES string of the molecule is Cn1ccnc1Sc1ncnc(Cl)c1N. The quantitative estimate of drug-likeness (QED) is 0.809. The molecule has 2 aromatic rings. The van der Waals surface area contributed by atoms with Crippen molar-refractivity contribution in [2.24, 2.45) is 7.05 Å². The summed E-state index contributed by atoms with van der Waals surface area (Å²) in [5.74, 6) is 0. The lowest BCUT2D eigenvalue weighted by atomic mass is 10.6. The first-order valence-electron chi connectivity index (χ1n) is 4.09. The highest BCUT2D eigenvalue weighted by atomic mass is 35.5. The lowest BCUT2D eigenvalue weighted by Gasteiger charge is -2.04. The van der Waals surface area contributed by atoms with Crippen LogP contribution < -0.4 is 5.73 Å². The standard InChI is InChI=1S/C8H8ClN5S/c1-14-3-2-11-8(14)15-7-5(10)6(9)12-4-13-7/h2-4H,10H2,1H3. The largest absolute Gasteiger partial charge is 0.394 e. The van der Waals surface area contributed by atoms with E-state index in [-0.39, 0.29) is 5.15 Å². The smallest absolute Gasteiger partial charge is 0.174 e. The van der Waals surface area contributed by atoms with Crippen LogP contribution in [0, 0.1) is 0 Å². The van der Waals surface area contributed by atoms with Gasteiger partial charge in [0.25, 0.3) is 0 Å². The number of hydrogen-bond acceptors (Lipinski definition) is 5. The Bertz CT molecular complexity index is 484. The third-order valence-corrected chi connectivity index (χ3v) is 3.16. The Hall–Kier alpha value is -1.27. The first-order valence-corrected chi connectivity index (χ1v) is 5.29. The van der Waals surface area contributed by atoms with Crippen molar-refractivity contribution in [1.29, 1.82) is 0 Å². The Morgan fingerprint density at radius 1 is 1.40 bits per heavy atom. The van der Waals surface area contributed by atoms with Gasteiger partial charge in [-0.05, 0) is 11.8 Å². The van der Waals surface area contributed by atoms with E-state index in [1.807, 2.05) is 17.8 Å². The van der Waals surface area contributed by atoms with Crippen LogP contribution in [0.2, 0.25) is 5.15 Å². The monoisotopic (exact) mass is 241 g/mol. The van der Waals surface area contributed by atoms with Gasteiger partial charge in [0.1, 0.15) is 17.0 Å². The molecule has 0 aromatic carbocycles. The van der Waals surface area contributed by atoms with Crippen LogP contribution in [0.15, 0.2) is 28.9 Å². The molecule has 0 spiro atoms. The Morgan fingerprint density at radius 3 is 2.87 bits per heavy atom. The predicted octanol–water partition coefficient (Wildman–Crippen LogP) is 1.60. The van der Waals surface area contributed by atoms with Crippen molar-refractivity contribution in [1.82, 2.24) is 19.5 Å². The van der Waals surface area contributed by atoms with E-state index in [1.54, 1.807) is 6.20 Å². The fourth-order valence-corrected chi connectivity index (χ4v) is 1.96. The van der Waals surface area contributed by atoms with E-state index in [2.05, 4.69) is 15.0 Å². The van der Waals surface area contributed by atoms with Gasteiger partial charge in [-0.15, -0.1) is 0 Å². The molecule has 78 valence electrons. The number of aromatic nitrogens is 4. The van der Waals surface area contributed by atoms with Crippen LogP contribution in [0.5, 0.6) is 0 Å². The number of nitrogens with two attached hydrogens (primary N) is 1. The van der Waals surface area contributed by atoms with E-state index >= 15 is 0 Å². The topological polar surface area (TPSA) is 69.6 Å². The molecule has 0 saturated heterocycles. The predicted molar refractivity (Wildman–Crippen MR) is 58.8 cm³/mol. The number of nitrogens with zero attached hydrogens (tertiary/aromatic N) is 4. The van der Waals surface area contributed by atoms with Crippen molar-refractivity contribution < 1.29 is 0 Å². The number of rotatable bonds is 2.